The molecule has 110 valence electrons. The average molecular weight is 281 g/mol. The number of likely N-dealkylation sites (tertiary alicyclic amines) is 1. The predicted molar refractivity (Wildman–Crippen MR) is 72.9 cm³/mol. The van der Waals surface area contributed by atoms with E-state index in [0.29, 0.717) is 25.2 Å². The first kappa shape index (κ1) is 14.8. The van der Waals surface area contributed by atoms with Gasteiger partial charge in [0.1, 0.15) is 11.6 Å². The van der Waals surface area contributed by atoms with Crippen molar-refractivity contribution in [3.05, 3.63) is 30.1 Å². The lowest BCUT2D eigenvalue weighted by molar-refractivity contribution is -0.132. The molecule has 0 unspecified atom stereocenters. The summed E-state index contributed by atoms with van der Waals surface area (Å²) in [6.07, 6.45) is 2.87. The number of hydrogen-bond acceptors (Lipinski definition) is 3. The minimum atomic E-state index is -0.295. The molecule has 1 aliphatic rings. The summed E-state index contributed by atoms with van der Waals surface area (Å²) in [5, 5.41) is 9.18. The third-order valence-corrected chi connectivity index (χ3v) is 3.53. The fraction of sp³-hybridized carbons (Fsp3) is 0.533. The molecule has 20 heavy (non-hydrogen) atoms. The zero-order valence-corrected chi connectivity index (χ0v) is 11.4. The van der Waals surface area contributed by atoms with Crippen LogP contribution in [0.15, 0.2) is 24.3 Å². The monoisotopic (exact) mass is 281 g/mol. The molecule has 1 fully saturated rings. The molecule has 1 aliphatic heterocycles. The van der Waals surface area contributed by atoms with Gasteiger partial charge in [0.05, 0.1) is 19.3 Å². The number of halogens is 1. The summed E-state index contributed by atoms with van der Waals surface area (Å²) >= 11 is 0. The Hall–Kier alpha value is -1.62. The van der Waals surface area contributed by atoms with Crippen LogP contribution in [0.3, 0.4) is 0 Å². The fourth-order valence-corrected chi connectivity index (χ4v) is 2.44. The lowest BCUT2D eigenvalue weighted by atomic mass is 10.2. The SMILES string of the molecule is O=C(CCCOc1ccc(F)cc1)N1CCC[C@@H]1CO. The van der Waals surface area contributed by atoms with Crippen molar-refractivity contribution in [3.63, 3.8) is 0 Å². The average Bonchev–Trinajstić information content (AvgIpc) is 2.94. The molecule has 1 N–H and O–H groups in total. The highest BCUT2D eigenvalue weighted by molar-refractivity contribution is 5.76. The topological polar surface area (TPSA) is 49.8 Å². The molecule has 1 aromatic carbocycles. The summed E-state index contributed by atoms with van der Waals surface area (Å²) < 4.78 is 18.1. The number of hydrogen-bond donors (Lipinski definition) is 1. The molecule has 5 heteroatoms. The van der Waals surface area contributed by atoms with E-state index < -0.39 is 0 Å². The van der Waals surface area contributed by atoms with E-state index in [1.54, 1.807) is 17.0 Å². The van der Waals surface area contributed by atoms with Gasteiger partial charge in [-0.25, -0.2) is 4.39 Å². The molecule has 2 rings (SSSR count). The van der Waals surface area contributed by atoms with Crippen molar-refractivity contribution in [3.8, 4) is 5.75 Å². The standard InChI is InChI=1S/C15H20FNO3/c16-12-5-7-14(8-6-12)20-10-2-4-15(19)17-9-1-3-13(17)11-18/h5-8,13,18H,1-4,9-11H2/t13-/m1/s1. The van der Waals surface area contributed by atoms with E-state index in [2.05, 4.69) is 0 Å². The number of carbonyl (C=O) groups is 1. The molecular weight excluding hydrogens is 261 g/mol. The lowest BCUT2D eigenvalue weighted by Crippen LogP contribution is -2.37. The van der Waals surface area contributed by atoms with Gasteiger partial charge in [0, 0.05) is 13.0 Å². The molecule has 1 aromatic rings. The van der Waals surface area contributed by atoms with Crippen LogP contribution in [0.2, 0.25) is 0 Å². The van der Waals surface area contributed by atoms with Crippen molar-refractivity contribution in [2.24, 2.45) is 0 Å². The number of rotatable bonds is 6. The number of benzene rings is 1. The van der Waals surface area contributed by atoms with Gasteiger partial charge < -0.3 is 14.7 Å². The number of aliphatic hydroxyl groups excluding tert-OH is 1. The van der Waals surface area contributed by atoms with Crippen LogP contribution in [0, 0.1) is 5.82 Å². The highest BCUT2D eigenvalue weighted by Crippen LogP contribution is 2.18. The number of aliphatic hydroxyl groups is 1. The Balaban J connectivity index is 1.68. The van der Waals surface area contributed by atoms with Crippen LogP contribution in [0.1, 0.15) is 25.7 Å². The first-order valence-electron chi connectivity index (χ1n) is 6.99. The molecule has 0 aromatic heterocycles. The maximum absolute atomic E-state index is 12.7. The van der Waals surface area contributed by atoms with Crippen LogP contribution in [0.25, 0.3) is 0 Å². The molecule has 0 spiro atoms. The van der Waals surface area contributed by atoms with Gasteiger partial charge in [-0.3, -0.25) is 4.79 Å². The normalized spacial score (nSPS) is 18.3. The van der Waals surface area contributed by atoms with Crippen LogP contribution in [0.4, 0.5) is 4.39 Å². The second-order valence-electron chi connectivity index (χ2n) is 4.97. The summed E-state index contributed by atoms with van der Waals surface area (Å²) in [6.45, 7) is 1.20. The Morgan fingerprint density at radius 2 is 2.15 bits per heavy atom. The van der Waals surface area contributed by atoms with Crippen molar-refractivity contribution in [2.75, 3.05) is 19.8 Å². The van der Waals surface area contributed by atoms with Crippen molar-refractivity contribution in [1.29, 1.82) is 0 Å². The van der Waals surface area contributed by atoms with E-state index >= 15 is 0 Å². The highest BCUT2D eigenvalue weighted by atomic mass is 19.1. The summed E-state index contributed by atoms with van der Waals surface area (Å²) in [5.74, 6) is 0.383. The third-order valence-electron chi connectivity index (χ3n) is 3.53. The van der Waals surface area contributed by atoms with Gasteiger partial charge in [0.25, 0.3) is 0 Å². The first-order valence-corrected chi connectivity index (χ1v) is 6.99. The van der Waals surface area contributed by atoms with Gasteiger partial charge in [0.15, 0.2) is 0 Å². The van der Waals surface area contributed by atoms with Crippen molar-refractivity contribution in [1.82, 2.24) is 4.90 Å². The molecule has 1 heterocycles. The van der Waals surface area contributed by atoms with Crippen molar-refractivity contribution in [2.45, 2.75) is 31.7 Å². The molecule has 0 radical (unpaired) electrons. The number of nitrogens with zero attached hydrogens (tertiary/aromatic N) is 1. The van der Waals surface area contributed by atoms with Crippen LogP contribution >= 0.6 is 0 Å². The maximum atomic E-state index is 12.7. The van der Waals surface area contributed by atoms with Crippen LogP contribution < -0.4 is 4.74 Å². The Labute approximate surface area is 118 Å². The van der Waals surface area contributed by atoms with Crippen LogP contribution in [-0.4, -0.2) is 41.7 Å². The van der Waals surface area contributed by atoms with E-state index in [-0.39, 0.29) is 24.4 Å². The number of carbonyl (C=O) groups excluding carboxylic acids is 1. The maximum Gasteiger partial charge on any atom is 0.223 e. The Morgan fingerprint density at radius 3 is 2.85 bits per heavy atom. The number of ether oxygens (including phenoxy) is 1. The smallest absolute Gasteiger partial charge is 0.223 e. The molecule has 0 bridgehead atoms. The number of amides is 1. The van der Waals surface area contributed by atoms with Gasteiger partial charge in [-0.15, -0.1) is 0 Å². The van der Waals surface area contributed by atoms with Gasteiger partial charge in [0.2, 0.25) is 5.91 Å². The van der Waals surface area contributed by atoms with Crippen LogP contribution in [0.5, 0.6) is 5.75 Å². The summed E-state index contributed by atoms with van der Waals surface area (Å²) in [7, 11) is 0. The molecule has 0 aliphatic carbocycles. The quantitative estimate of drug-likeness (QED) is 0.811. The second-order valence-corrected chi connectivity index (χ2v) is 4.97. The zero-order valence-electron chi connectivity index (χ0n) is 11.4. The van der Waals surface area contributed by atoms with Crippen molar-refractivity contribution >= 4 is 5.91 Å². The molecule has 1 saturated heterocycles. The minimum Gasteiger partial charge on any atom is -0.494 e. The van der Waals surface area contributed by atoms with E-state index in [0.717, 1.165) is 19.4 Å². The van der Waals surface area contributed by atoms with E-state index in [4.69, 9.17) is 4.74 Å². The lowest BCUT2D eigenvalue weighted by Gasteiger charge is -2.22. The van der Waals surface area contributed by atoms with E-state index in [1.165, 1.54) is 12.1 Å². The minimum absolute atomic E-state index is 0.0134. The molecule has 0 saturated carbocycles. The largest absolute Gasteiger partial charge is 0.494 e. The van der Waals surface area contributed by atoms with E-state index in [9.17, 15) is 14.3 Å². The van der Waals surface area contributed by atoms with Gasteiger partial charge in [-0.2, -0.15) is 0 Å². The first-order chi connectivity index (χ1) is 9.70. The Morgan fingerprint density at radius 1 is 1.40 bits per heavy atom. The van der Waals surface area contributed by atoms with Gasteiger partial charge in [-0.1, -0.05) is 0 Å². The third kappa shape index (κ3) is 3.93. The van der Waals surface area contributed by atoms with Crippen molar-refractivity contribution < 1.29 is 19.0 Å². The predicted octanol–water partition coefficient (Wildman–Crippen LogP) is 1.97. The molecule has 4 nitrogen and oxygen atoms in total. The second kappa shape index (κ2) is 7.24. The zero-order chi connectivity index (χ0) is 14.4. The summed E-state index contributed by atoms with van der Waals surface area (Å²) in [5.41, 5.74) is 0. The molecule has 1 amide bonds. The van der Waals surface area contributed by atoms with Gasteiger partial charge >= 0.3 is 0 Å². The van der Waals surface area contributed by atoms with E-state index in [1.807, 2.05) is 0 Å². The molecular formula is C15H20FNO3. The fourth-order valence-electron chi connectivity index (χ4n) is 2.44. The highest BCUT2D eigenvalue weighted by Gasteiger charge is 2.27. The van der Waals surface area contributed by atoms with Gasteiger partial charge in [-0.05, 0) is 43.5 Å². The molecule has 1 atom stereocenters. The summed E-state index contributed by atoms with van der Waals surface area (Å²) in [4.78, 5) is 13.7. The summed E-state index contributed by atoms with van der Waals surface area (Å²) in [6, 6.07) is 5.81. The van der Waals surface area contributed by atoms with Crippen LogP contribution in [-0.2, 0) is 4.79 Å². The Bertz CT molecular complexity index is 435. The Kier molecular flexibility index (Phi) is 5.35.